The molecule has 0 aromatic rings. The largest absolute Gasteiger partial charge is 0.386 e. The Morgan fingerprint density at radius 2 is 1.78 bits per heavy atom. The van der Waals surface area contributed by atoms with Crippen molar-refractivity contribution in [2.45, 2.75) is 70.1 Å². The zero-order valence-corrected chi connectivity index (χ0v) is 15.7. The Kier molecular flexibility index (Phi) is 5.38. The summed E-state index contributed by atoms with van der Waals surface area (Å²) in [7, 11) is 0. The van der Waals surface area contributed by atoms with E-state index in [2.05, 4.69) is 0 Å². The van der Waals surface area contributed by atoms with Gasteiger partial charge in [-0.15, -0.1) is 23.5 Å². The molecule has 3 aliphatic rings. The van der Waals surface area contributed by atoms with Crippen molar-refractivity contribution < 1.29 is 24.1 Å². The summed E-state index contributed by atoms with van der Waals surface area (Å²) in [6, 6.07) is 0. The molecule has 1 N–H and O–H groups in total. The van der Waals surface area contributed by atoms with Crippen LogP contribution in [0.5, 0.6) is 0 Å². The third-order valence-electron chi connectivity index (χ3n) is 3.98. The van der Waals surface area contributed by atoms with Crippen molar-refractivity contribution in [3.05, 3.63) is 10.3 Å². The van der Waals surface area contributed by atoms with Crippen LogP contribution in [0.25, 0.3) is 0 Å². The number of rotatable bonds is 3. The number of aliphatic hydroxyl groups is 1. The average Bonchev–Trinajstić information content (AvgIpc) is 2.99. The van der Waals surface area contributed by atoms with E-state index in [0.717, 1.165) is 11.5 Å². The molecule has 4 atom stereocenters. The fraction of sp³-hybridized carbons (Fsp3) is 0.875. The third kappa shape index (κ3) is 4.45. The summed E-state index contributed by atoms with van der Waals surface area (Å²) >= 11 is 3.59. The highest BCUT2D eigenvalue weighted by Crippen LogP contribution is 2.39. The van der Waals surface area contributed by atoms with Crippen LogP contribution >= 0.6 is 23.5 Å². The van der Waals surface area contributed by atoms with E-state index in [9.17, 15) is 5.11 Å². The maximum absolute atomic E-state index is 10.7. The van der Waals surface area contributed by atoms with E-state index >= 15 is 0 Å². The van der Waals surface area contributed by atoms with Crippen molar-refractivity contribution in [2.75, 3.05) is 18.1 Å². The highest BCUT2D eigenvalue weighted by molar-refractivity contribution is 8.22. The maximum Gasteiger partial charge on any atom is 0.164 e. The van der Waals surface area contributed by atoms with Gasteiger partial charge in [-0.2, -0.15) is 0 Å². The molecule has 0 aromatic carbocycles. The minimum Gasteiger partial charge on any atom is -0.386 e. The van der Waals surface area contributed by atoms with Gasteiger partial charge in [-0.25, -0.2) is 0 Å². The first-order chi connectivity index (χ1) is 10.8. The Balaban J connectivity index is 1.72. The van der Waals surface area contributed by atoms with Gasteiger partial charge in [-0.3, -0.25) is 0 Å². The van der Waals surface area contributed by atoms with Gasteiger partial charge in [0, 0.05) is 4.24 Å². The summed E-state index contributed by atoms with van der Waals surface area (Å²) in [6.45, 7) is 7.95. The molecule has 3 fully saturated rings. The number of hydrogen-bond acceptors (Lipinski definition) is 7. The van der Waals surface area contributed by atoms with Crippen molar-refractivity contribution in [1.82, 2.24) is 0 Å². The van der Waals surface area contributed by atoms with E-state index in [4.69, 9.17) is 18.9 Å². The Labute approximate surface area is 146 Å². The first-order valence-corrected chi connectivity index (χ1v) is 10.1. The van der Waals surface area contributed by atoms with Crippen molar-refractivity contribution in [2.24, 2.45) is 0 Å². The monoisotopic (exact) mass is 362 g/mol. The summed E-state index contributed by atoms with van der Waals surface area (Å²) in [5, 5.41) is 10.7. The lowest BCUT2D eigenvalue weighted by molar-refractivity contribution is -0.175. The highest BCUT2D eigenvalue weighted by atomic mass is 32.2. The quantitative estimate of drug-likeness (QED) is 0.828. The zero-order chi connectivity index (χ0) is 16.7. The first kappa shape index (κ1) is 18.0. The first-order valence-electron chi connectivity index (χ1n) is 8.09. The predicted octanol–water partition coefficient (Wildman–Crippen LogP) is 2.73. The summed E-state index contributed by atoms with van der Waals surface area (Å²) in [5.74, 6) is 0.855. The van der Waals surface area contributed by atoms with Crippen LogP contribution in [0.4, 0.5) is 0 Å². The molecule has 0 saturated carbocycles. The van der Waals surface area contributed by atoms with E-state index in [1.807, 2.05) is 33.8 Å². The van der Waals surface area contributed by atoms with Gasteiger partial charge in [0.25, 0.3) is 0 Å². The standard InChI is InChI=1S/C16H26O5S2/c1-15(2)18-9-11(19-15)14-13(20-16(3,4)21-14)10(17)8-12-22-6-5-7-23-12/h8,10-11,13-14,17H,5-7,9H2,1-4H3/t10-,11-,13-,14-/m1/s1. The number of ether oxygens (including phenoxy) is 4. The van der Waals surface area contributed by atoms with E-state index in [1.54, 1.807) is 23.5 Å². The van der Waals surface area contributed by atoms with Crippen LogP contribution in [0.1, 0.15) is 34.1 Å². The second-order valence-electron chi connectivity index (χ2n) is 6.96. The Bertz CT molecular complexity index is 457. The molecule has 7 heteroatoms. The minimum atomic E-state index is -0.738. The molecule has 3 saturated heterocycles. The lowest BCUT2D eigenvalue weighted by Gasteiger charge is -2.26. The molecule has 3 aliphatic heterocycles. The Morgan fingerprint density at radius 3 is 2.39 bits per heavy atom. The van der Waals surface area contributed by atoms with Crippen LogP contribution in [-0.2, 0) is 18.9 Å². The van der Waals surface area contributed by atoms with Gasteiger partial charge >= 0.3 is 0 Å². The van der Waals surface area contributed by atoms with Crippen molar-refractivity contribution >= 4 is 23.5 Å². The third-order valence-corrected chi connectivity index (χ3v) is 6.52. The van der Waals surface area contributed by atoms with Crippen LogP contribution in [0.15, 0.2) is 10.3 Å². The second-order valence-corrected chi connectivity index (χ2v) is 9.49. The fourth-order valence-corrected chi connectivity index (χ4v) is 5.49. The van der Waals surface area contributed by atoms with Gasteiger partial charge in [0.2, 0.25) is 0 Å². The van der Waals surface area contributed by atoms with E-state index in [1.165, 1.54) is 10.7 Å². The lowest BCUT2D eigenvalue weighted by Crippen LogP contribution is -2.43. The Hall–Kier alpha value is 0.240. The molecule has 0 spiro atoms. The zero-order valence-electron chi connectivity index (χ0n) is 14.1. The van der Waals surface area contributed by atoms with Crippen molar-refractivity contribution in [1.29, 1.82) is 0 Å². The molecule has 0 aromatic heterocycles. The van der Waals surface area contributed by atoms with E-state index < -0.39 is 23.8 Å². The average molecular weight is 363 g/mol. The number of aliphatic hydroxyl groups excluding tert-OH is 1. The molecule has 0 aliphatic carbocycles. The van der Waals surface area contributed by atoms with Crippen molar-refractivity contribution in [3.63, 3.8) is 0 Å². The molecule has 0 radical (unpaired) electrons. The minimum absolute atomic E-state index is 0.239. The molecule has 0 amide bonds. The molecule has 132 valence electrons. The van der Waals surface area contributed by atoms with Gasteiger partial charge in [-0.05, 0) is 51.7 Å². The molecule has 5 nitrogen and oxygen atoms in total. The summed E-state index contributed by atoms with van der Waals surface area (Å²) in [4.78, 5) is 0. The SMILES string of the molecule is CC1(C)O[C@H]([C@H](O)C=C2SCCCS2)[C@@H]([C@H]2COC(C)(C)O2)O1. The van der Waals surface area contributed by atoms with Gasteiger partial charge < -0.3 is 24.1 Å². The number of thioether (sulfide) groups is 2. The highest BCUT2D eigenvalue weighted by Gasteiger charge is 2.51. The fourth-order valence-electron chi connectivity index (χ4n) is 3.02. The van der Waals surface area contributed by atoms with Crippen molar-refractivity contribution in [3.8, 4) is 0 Å². The van der Waals surface area contributed by atoms with Crippen LogP contribution in [0.3, 0.4) is 0 Å². The summed E-state index contributed by atoms with van der Waals surface area (Å²) in [5.41, 5.74) is 0. The molecule has 3 heterocycles. The van der Waals surface area contributed by atoms with Gasteiger partial charge in [0.05, 0.1) is 6.61 Å². The number of hydrogen-bond donors (Lipinski definition) is 1. The van der Waals surface area contributed by atoms with Gasteiger partial charge in [0.15, 0.2) is 11.6 Å². The predicted molar refractivity (Wildman–Crippen MR) is 92.4 cm³/mol. The smallest absolute Gasteiger partial charge is 0.164 e. The summed E-state index contributed by atoms with van der Waals surface area (Å²) < 4.78 is 24.7. The molecule has 0 bridgehead atoms. The van der Waals surface area contributed by atoms with Crippen LogP contribution < -0.4 is 0 Å². The topological polar surface area (TPSA) is 57.2 Å². The van der Waals surface area contributed by atoms with Crippen LogP contribution in [0, 0.1) is 0 Å². The van der Waals surface area contributed by atoms with E-state index in [-0.39, 0.29) is 12.2 Å². The summed E-state index contributed by atoms with van der Waals surface area (Å²) in [6.07, 6.45) is 1.35. The van der Waals surface area contributed by atoms with Crippen LogP contribution in [-0.4, -0.2) is 59.2 Å². The molecule has 3 rings (SSSR count). The van der Waals surface area contributed by atoms with E-state index in [0.29, 0.717) is 6.61 Å². The Morgan fingerprint density at radius 1 is 1.09 bits per heavy atom. The normalized spacial score (nSPS) is 37.8. The second kappa shape index (κ2) is 6.86. The van der Waals surface area contributed by atoms with Gasteiger partial charge in [-0.1, -0.05) is 0 Å². The molecular weight excluding hydrogens is 336 g/mol. The molecular formula is C16H26O5S2. The molecule has 23 heavy (non-hydrogen) atoms. The maximum atomic E-state index is 10.7. The van der Waals surface area contributed by atoms with Crippen LogP contribution in [0.2, 0.25) is 0 Å². The lowest BCUT2D eigenvalue weighted by atomic mass is 10.0. The van der Waals surface area contributed by atoms with Gasteiger partial charge in [0.1, 0.15) is 24.4 Å². The molecule has 0 unspecified atom stereocenters.